The van der Waals surface area contributed by atoms with Crippen LogP contribution >= 0.6 is 11.8 Å². The number of carbonyl (C=O) groups excluding carboxylic acids is 2. The van der Waals surface area contributed by atoms with Crippen LogP contribution in [0.25, 0.3) is 16.7 Å². The summed E-state index contributed by atoms with van der Waals surface area (Å²) in [5.74, 6) is 0.405. The average molecular weight is 479 g/mol. The van der Waals surface area contributed by atoms with Gasteiger partial charge in [-0.1, -0.05) is 36.0 Å². The lowest BCUT2D eigenvalue weighted by Crippen LogP contribution is -2.24. The Morgan fingerprint density at radius 1 is 1.15 bits per heavy atom. The van der Waals surface area contributed by atoms with Gasteiger partial charge in [0.1, 0.15) is 5.75 Å². The molecule has 2 amide bonds. The number of fused-ring (bicyclic) bond motifs is 3. The van der Waals surface area contributed by atoms with E-state index in [4.69, 9.17) is 4.74 Å². The predicted molar refractivity (Wildman–Crippen MR) is 130 cm³/mol. The number of nitrogens with zero attached hydrogens (tertiary/aromatic N) is 4. The smallest absolute Gasteiger partial charge is 0.263 e. The van der Waals surface area contributed by atoms with Gasteiger partial charge in [0.05, 0.1) is 16.7 Å². The van der Waals surface area contributed by atoms with Crippen molar-refractivity contribution in [1.82, 2.24) is 24.5 Å². The van der Waals surface area contributed by atoms with Crippen LogP contribution in [0, 0.1) is 0 Å². The molecule has 0 radical (unpaired) electrons. The Hall–Kier alpha value is -4.12. The zero-order valence-electron chi connectivity index (χ0n) is 18.4. The molecule has 4 rings (SSSR count). The highest BCUT2D eigenvalue weighted by molar-refractivity contribution is 7.99. The number of hydrogen-bond acceptors (Lipinski definition) is 7. The largest absolute Gasteiger partial charge is 0.484 e. The highest BCUT2D eigenvalue weighted by Crippen LogP contribution is 2.22. The van der Waals surface area contributed by atoms with E-state index in [1.54, 1.807) is 46.9 Å². The van der Waals surface area contributed by atoms with Crippen LogP contribution in [-0.4, -0.2) is 50.4 Å². The topological polar surface area (TPSA) is 120 Å². The Morgan fingerprint density at radius 3 is 2.76 bits per heavy atom. The second-order valence-corrected chi connectivity index (χ2v) is 8.11. The molecule has 0 aliphatic rings. The second kappa shape index (κ2) is 10.2. The van der Waals surface area contributed by atoms with Crippen LogP contribution in [-0.2, 0) is 16.1 Å². The molecule has 0 unspecified atom stereocenters. The molecule has 34 heavy (non-hydrogen) atoms. The molecule has 10 nitrogen and oxygen atoms in total. The predicted octanol–water partition coefficient (Wildman–Crippen LogP) is 2.09. The number of nitrogens with one attached hydrogen (secondary N) is 2. The fraction of sp³-hybridized carbons (Fsp3) is 0.174. The van der Waals surface area contributed by atoms with Gasteiger partial charge in [-0.25, -0.2) is 0 Å². The van der Waals surface area contributed by atoms with Crippen molar-refractivity contribution in [3.63, 3.8) is 0 Å². The molecule has 0 bridgehead atoms. The highest BCUT2D eigenvalue weighted by atomic mass is 32.2. The highest BCUT2D eigenvalue weighted by Gasteiger charge is 2.17. The van der Waals surface area contributed by atoms with E-state index in [2.05, 4.69) is 27.4 Å². The summed E-state index contributed by atoms with van der Waals surface area (Å²) in [5.41, 5.74) is 1.02. The summed E-state index contributed by atoms with van der Waals surface area (Å²) < 4.78 is 8.67. The summed E-state index contributed by atoms with van der Waals surface area (Å²) in [4.78, 5) is 36.8. The zero-order valence-corrected chi connectivity index (χ0v) is 19.2. The number of ether oxygens (including phenoxy) is 1. The summed E-state index contributed by atoms with van der Waals surface area (Å²) in [6, 6.07) is 14.0. The van der Waals surface area contributed by atoms with Crippen LogP contribution in [0.5, 0.6) is 5.75 Å². The van der Waals surface area contributed by atoms with Gasteiger partial charge in [0.2, 0.25) is 11.7 Å². The van der Waals surface area contributed by atoms with E-state index in [1.807, 2.05) is 12.1 Å². The van der Waals surface area contributed by atoms with Crippen LogP contribution in [0.2, 0.25) is 0 Å². The lowest BCUT2D eigenvalue weighted by atomic mass is 10.2. The number of amides is 2. The number of hydrogen-bond donors (Lipinski definition) is 2. The van der Waals surface area contributed by atoms with Crippen molar-refractivity contribution in [3.8, 4) is 5.75 Å². The molecule has 0 saturated carbocycles. The molecule has 4 aromatic rings. The molecular formula is C23H22N6O4S. The molecule has 2 aromatic carbocycles. The van der Waals surface area contributed by atoms with Crippen molar-refractivity contribution in [1.29, 1.82) is 0 Å². The summed E-state index contributed by atoms with van der Waals surface area (Å²) in [5, 5.41) is 14.7. The Balaban J connectivity index is 1.52. The molecule has 0 spiro atoms. The molecule has 2 N–H and O–H groups in total. The summed E-state index contributed by atoms with van der Waals surface area (Å²) >= 11 is 1.20. The van der Waals surface area contributed by atoms with Gasteiger partial charge < -0.3 is 15.4 Å². The maximum atomic E-state index is 12.9. The van der Waals surface area contributed by atoms with Crippen molar-refractivity contribution < 1.29 is 14.3 Å². The second-order valence-electron chi connectivity index (χ2n) is 7.17. The third kappa shape index (κ3) is 4.79. The molecule has 174 valence electrons. The van der Waals surface area contributed by atoms with Gasteiger partial charge in [-0.3, -0.25) is 23.4 Å². The number of aromatic nitrogens is 4. The van der Waals surface area contributed by atoms with Gasteiger partial charge >= 0.3 is 0 Å². The quantitative estimate of drug-likeness (QED) is 0.279. The Morgan fingerprint density at radius 2 is 1.97 bits per heavy atom. The normalized spacial score (nSPS) is 10.9. The summed E-state index contributed by atoms with van der Waals surface area (Å²) in [6.45, 7) is 3.89. The number of thioether (sulfide) groups is 1. The fourth-order valence-electron chi connectivity index (χ4n) is 3.33. The van der Waals surface area contributed by atoms with E-state index >= 15 is 0 Å². The minimum absolute atomic E-state index is 0.0685. The van der Waals surface area contributed by atoms with Gasteiger partial charge in [0.25, 0.3) is 11.5 Å². The lowest BCUT2D eigenvalue weighted by molar-refractivity contribution is -0.122. The SMILES string of the molecule is C=CCn1c(=O)c2ccccc2n2c(SCC(=O)Nc3cccc(OCC(=O)NC)c3)nnc12. The van der Waals surface area contributed by atoms with Crippen molar-refractivity contribution in [2.45, 2.75) is 11.7 Å². The van der Waals surface area contributed by atoms with Crippen molar-refractivity contribution in [2.24, 2.45) is 0 Å². The molecule has 2 aromatic heterocycles. The van der Waals surface area contributed by atoms with Gasteiger partial charge in [0, 0.05) is 25.3 Å². The Kier molecular flexibility index (Phi) is 6.93. The maximum Gasteiger partial charge on any atom is 0.263 e. The number of benzene rings is 2. The number of likely N-dealkylation sites (N-methyl/N-ethyl adjacent to an activating group) is 1. The van der Waals surface area contributed by atoms with Crippen LogP contribution in [0.15, 0.2) is 71.1 Å². The molecule has 2 heterocycles. The van der Waals surface area contributed by atoms with E-state index < -0.39 is 0 Å². The molecule has 11 heteroatoms. The third-order valence-corrected chi connectivity index (χ3v) is 5.82. The summed E-state index contributed by atoms with van der Waals surface area (Å²) in [7, 11) is 1.53. The number of rotatable bonds is 9. The van der Waals surface area contributed by atoms with E-state index in [0.29, 0.717) is 33.3 Å². The minimum atomic E-state index is -0.256. The Bertz CT molecular complexity index is 1440. The van der Waals surface area contributed by atoms with E-state index in [9.17, 15) is 14.4 Å². The maximum absolute atomic E-state index is 12.9. The first-order valence-corrected chi connectivity index (χ1v) is 11.3. The standard InChI is InChI=1S/C23H22N6O4S/c1-3-11-28-21(32)17-9-4-5-10-18(17)29-22(28)26-27-23(29)34-14-20(31)25-15-7-6-8-16(12-15)33-13-19(30)24-2/h3-10,12H,1,11,13-14H2,2H3,(H,24,30)(H,25,31). The van der Waals surface area contributed by atoms with Crippen molar-refractivity contribution in [2.75, 3.05) is 24.7 Å². The lowest BCUT2D eigenvalue weighted by Gasteiger charge is -2.10. The van der Waals surface area contributed by atoms with Crippen LogP contribution in [0.4, 0.5) is 5.69 Å². The minimum Gasteiger partial charge on any atom is -0.484 e. The first-order chi connectivity index (χ1) is 16.5. The summed E-state index contributed by atoms with van der Waals surface area (Å²) in [6.07, 6.45) is 1.62. The zero-order chi connectivity index (χ0) is 24.1. The number of anilines is 1. The van der Waals surface area contributed by atoms with Gasteiger partial charge in [-0.05, 0) is 24.3 Å². The number of allylic oxidation sites excluding steroid dienone is 1. The first kappa shape index (κ1) is 23.1. The van der Waals surface area contributed by atoms with Crippen molar-refractivity contribution >= 4 is 45.9 Å². The van der Waals surface area contributed by atoms with Crippen LogP contribution < -0.4 is 20.9 Å². The number of para-hydroxylation sites is 1. The van der Waals surface area contributed by atoms with Crippen molar-refractivity contribution in [3.05, 3.63) is 71.5 Å². The molecule has 0 atom stereocenters. The first-order valence-electron chi connectivity index (χ1n) is 10.4. The monoisotopic (exact) mass is 478 g/mol. The molecule has 0 aliphatic heterocycles. The van der Waals surface area contributed by atoms with E-state index in [-0.39, 0.29) is 36.3 Å². The van der Waals surface area contributed by atoms with Gasteiger partial charge in [0.15, 0.2) is 11.8 Å². The average Bonchev–Trinajstić information content (AvgIpc) is 3.28. The van der Waals surface area contributed by atoms with Gasteiger partial charge in [-0.15, -0.1) is 16.8 Å². The van der Waals surface area contributed by atoms with Gasteiger partial charge in [-0.2, -0.15) is 0 Å². The molecular weight excluding hydrogens is 456 g/mol. The van der Waals surface area contributed by atoms with E-state index in [1.165, 1.54) is 23.4 Å². The third-order valence-electron chi connectivity index (χ3n) is 4.89. The van der Waals surface area contributed by atoms with Crippen LogP contribution in [0.1, 0.15) is 0 Å². The van der Waals surface area contributed by atoms with E-state index in [0.717, 1.165) is 0 Å². The molecule has 0 fully saturated rings. The molecule has 0 aliphatic carbocycles. The fourth-order valence-corrected chi connectivity index (χ4v) is 4.07. The number of carbonyl (C=O) groups is 2. The Labute approximate surface area is 198 Å². The molecule has 0 saturated heterocycles. The van der Waals surface area contributed by atoms with Crippen LogP contribution in [0.3, 0.4) is 0 Å².